The van der Waals surface area contributed by atoms with Gasteiger partial charge in [0, 0.05) is 36.2 Å². The molecule has 0 aromatic heterocycles. The van der Waals surface area contributed by atoms with Crippen molar-refractivity contribution in [3.05, 3.63) is 64.7 Å². The Morgan fingerprint density at radius 3 is 2.70 bits per heavy atom. The molecule has 1 heterocycles. The lowest BCUT2D eigenvalue weighted by atomic mass is 9.82. The van der Waals surface area contributed by atoms with Gasteiger partial charge in [-0.2, -0.15) is 0 Å². The second kappa shape index (κ2) is 10.2. The van der Waals surface area contributed by atoms with Crippen molar-refractivity contribution in [1.82, 2.24) is 5.32 Å². The summed E-state index contributed by atoms with van der Waals surface area (Å²) in [7, 11) is 3.43. The number of benzene rings is 3. The van der Waals surface area contributed by atoms with Crippen LogP contribution >= 0.6 is 0 Å². The molecule has 0 amide bonds. The maximum Gasteiger partial charge on any atom is 0.302 e. The number of esters is 1. The molecule has 2 atom stereocenters. The quantitative estimate of drug-likeness (QED) is 0.308. The van der Waals surface area contributed by atoms with Crippen molar-refractivity contribution in [3.8, 4) is 39.9 Å². The second-order valence-corrected chi connectivity index (χ2v) is 9.32. The Kier molecular flexibility index (Phi) is 6.84. The summed E-state index contributed by atoms with van der Waals surface area (Å²) in [5.74, 6) is 1.41. The van der Waals surface area contributed by atoms with Crippen molar-refractivity contribution < 1.29 is 34.0 Å². The van der Waals surface area contributed by atoms with E-state index in [1.165, 1.54) is 6.92 Å². The maximum absolute atomic E-state index is 11.7. The van der Waals surface area contributed by atoms with Gasteiger partial charge in [-0.3, -0.25) is 4.79 Å². The number of phenolic OH excluding ortho intramolecular Hbond substituents is 2. The van der Waals surface area contributed by atoms with E-state index >= 15 is 0 Å². The van der Waals surface area contributed by atoms with E-state index in [0.717, 1.165) is 52.0 Å². The van der Waals surface area contributed by atoms with Crippen LogP contribution in [0.25, 0.3) is 11.1 Å². The predicted octanol–water partition coefficient (Wildman–Crippen LogP) is 4.25. The normalized spacial score (nSPS) is 17.3. The zero-order valence-electron chi connectivity index (χ0n) is 21.2. The summed E-state index contributed by atoms with van der Waals surface area (Å²) >= 11 is 0. The van der Waals surface area contributed by atoms with Crippen LogP contribution in [0.3, 0.4) is 0 Å². The molecule has 194 valence electrons. The molecule has 2 aliphatic rings. The molecule has 3 aromatic rings. The number of fused-ring (bicyclic) bond motifs is 5. The van der Waals surface area contributed by atoms with E-state index in [1.807, 2.05) is 19.2 Å². The van der Waals surface area contributed by atoms with Crippen LogP contribution in [-0.2, 0) is 22.4 Å². The summed E-state index contributed by atoms with van der Waals surface area (Å²) in [6.45, 7) is 2.60. The third-order valence-corrected chi connectivity index (χ3v) is 6.99. The van der Waals surface area contributed by atoms with E-state index in [2.05, 4.69) is 11.4 Å². The highest BCUT2D eigenvalue weighted by Crippen LogP contribution is 2.53. The van der Waals surface area contributed by atoms with Gasteiger partial charge in [0.15, 0.2) is 11.5 Å². The number of methoxy groups -OCH3 is 1. The van der Waals surface area contributed by atoms with E-state index < -0.39 is 6.10 Å². The van der Waals surface area contributed by atoms with Crippen molar-refractivity contribution in [3.63, 3.8) is 0 Å². The average molecular weight is 506 g/mol. The molecular weight excluding hydrogens is 474 g/mol. The first-order chi connectivity index (χ1) is 17.9. The molecule has 3 N–H and O–H groups in total. The van der Waals surface area contributed by atoms with E-state index in [9.17, 15) is 15.0 Å². The van der Waals surface area contributed by atoms with E-state index in [4.69, 9.17) is 18.9 Å². The molecule has 0 radical (unpaired) electrons. The highest BCUT2D eigenvalue weighted by atomic mass is 16.5. The highest BCUT2D eigenvalue weighted by molar-refractivity contribution is 5.82. The van der Waals surface area contributed by atoms with Crippen molar-refractivity contribution in [1.29, 1.82) is 0 Å². The van der Waals surface area contributed by atoms with Crippen LogP contribution in [0.2, 0.25) is 0 Å². The van der Waals surface area contributed by atoms with Gasteiger partial charge in [-0.25, -0.2) is 0 Å². The second-order valence-electron chi connectivity index (χ2n) is 9.32. The van der Waals surface area contributed by atoms with Crippen LogP contribution in [0.1, 0.15) is 41.2 Å². The summed E-state index contributed by atoms with van der Waals surface area (Å²) in [5.41, 5.74) is 5.84. The van der Waals surface area contributed by atoms with Crippen molar-refractivity contribution in [2.75, 3.05) is 33.9 Å². The number of carbonyl (C=O) groups excluding carboxylic acids is 1. The molecule has 1 aliphatic heterocycles. The molecule has 0 unspecified atom stereocenters. The Balaban J connectivity index is 1.56. The van der Waals surface area contributed by atoms with Crippen LogP contribution < -0.4 is 19.5 Å². The molecule has 0 fully saturated rings. The SMILES string of the molecule is CNCCOc1cc([C@H]2Oc3c(ccc4c3CCc3cc(O)cc(OC)c3-4)[C@@H]2COC(C)=O)ccc1O. The van der Waals surface area contributed by atoms with Gasteiger partial charge < -0.3 is 34.5 Å². The summed E-state index contributed by atoms with van der Waals surface area (Å²) in [6.07, 6.45) is 1.03. The Labute approximate surface area is 215 Å². The lowest BCUT2D eigenvalue weighted by Gasteiger charge is -2.24. The van der Waals surface area contributed by atoms with Gasteiger partial charge in [-0.15, -0.1) is 0 Å². The first-order valence-electron chi connectivity index (χ1n) is 12.4. The molecule has 0 spiro atoms. The molecule has 1 aliphatic carbocycles. The smallest absolute Gasteiger partial charge is 0.302 e. The van der Waals surface area contributed by atoms with Gasteiger partial charge in [-0.1, -0.05) is 18.2 Å². The Morgan fingerprint density at radius 2 is 1.95 bits per heavy atom. The molecule has 37 heavy (non-hydrogen) atoms. The highest BCUT2D eigenvalue weighted by Gasteiger charge is 2.40. The maximum atomic E-state index is 11.7. The van der Waals surface area contributed by atoms with E-state index in [0.29, 0.717) is 24.7 Å². The monoisotopic (exact) mass is 505 g/mol. The lowest BCUT2D eigenvalue weighted by Crippen LogP contribution is -2.18. The topological polar surface area (TPSA) is 106 Å². The summed E-state index contributed by atoms with van der Waals surface area (Å²) in [6, 6.07) is 12.7. The molecular formula is C29H31NO7. The minimum Gasteiger partial charge on any atom is -0.508 e. The standard InChI is InChI=1S/C29H31NO7/c1-16(31)36-15-23-22-8-7-20-21(6-4-17-12-19(32)14-26(34-3)27(17)20)29(22)37-28(23)18-5-9-24(33)25(13-18)35-11-10-30-2/h5,7-9,12-14,23,28,30,32-33H,4,6,10-11,15H2,1-3H3/t23-,28+/m0/s1. The van der Waals surface area contributed by atoms with Crippen LogP contribution in [-0.4, -0.2) is 50.1 Å². The van der Waals surface area contributed by atoms with Crippen LogP contribution in [0.15, 0.2) is 42.5 Å². The van der Waals surface area contributed by atoms with Crippen LogP contribution in [0.5, 0.6) is 28.7 Å². The Hall–Kier alpha value is -3.91. The summed E-state index contributed by atoms with van der Waals surface area (Å²) < 4.78 is 23.5. The molecule has 3 aromatic carbocycles. The van der Waals surface area contributed by atoms with Gasteiger partial charge in [-0.05, 0) is 54.8 Å². The Morgan fingerprint density at radius 1 is 1.11 bits per heavy atom. The number of phenols is 2. The third kappa shape index (κ3) is 4.64. The van der Waals surface area contributed by atoms with Gasteiger partial charge in [0.1, 0.15) is 36.6 Å². The fourth-order valence-electron chi connectivity index (χ4n) is 5.28. The molecule has 0 saturated carbocycles. The first kappa shape index (κ1) is 24.8. The van der Waals surface area contributed by atoms with Crippen molar-refractivity contribution >= 4 is 5.97 Å². The number of nitrogens with one attached hydrogen (secondary N) is 1. The minimum absolute atomic E-state index is 0.0521. The van der Waals surface area contributed by atoms with E-state index in [1.54, 1.807) is 31.4 Å². The summed E-state index contributed by atoms with van der Waals surface area (Å²) in [5, 5.41) is 23.5. The van der Waals surface area contributed by atoms with Gasteiger partial charge in [0.25, 0.3) is 0 Å². The number of rotatable bonds is 8. The number of aromatic hydroxyl groups is 2. The zero-order chi connectivity index (χ0) is 26.1. The Bertz CT molecular complexity index is 1320. The lowest BCUT2D eigenvalue weighted by molar-refractivity contribution is -0.141. The first-order valence-corrected chi connectivity index (χ1v) is 12.4. The molecule has 5 rings (SSSR count). The fraction of sp³-hybridized carbons (Fsp3) is 0.345. The number of aryl methyl sites for hydroxylation is 1. The largest absolute Gasteiger partial charge is 0.508 e. The van der Waals surface area contributed by atoms with Gasteiger partial charge in [0.05, 0.1) is 13.0 Å². The number of likely N-dealkylation sites (N-methyl/N-ethyl adjacent to an activating group) is 1. The number of ether oxygens (including phenoxy) is 4. The minimum atomic E-state index is -0.434. The fourth-order valence-corrected chi connectivity index (χ4v) is 5.28. The number of hydrogen-bond donors (Lipinski definition) is 3. The van der Waals surface area contributed by atoms with Crippen molar-refractivity contribution in [2.45, 2.75) is 31.8 Å². The van der Waals surface area contributed by atoms with E-state index in [-0.39, 0.29) is 30.0 Å². The van der Waals surface area contributed by atoms with Gasteiger partial charge >= 0.3 is 5.97 Å². The zero-order valence-corrected chi connectivity index (χ0v) is 21.2. The molecule has 8 nitrogen and oxygen atoms in total. The van der Waals surface area contributed by atoms with Crippen molar-refractivity contribution in [2.24, 2.45) is 0 Å². The number of hydrogen-bond acceptors (Lipinski definition) is 8. The summed E-state index contributed by atoms with van der Waals surface area (Å²) in [4.78, 5) is 11.7. The number of carbonyl (C=O) groups is 1. The molecule has 0 bridgehead atoms. The van der Waals surface area contributed by atoms with Gasteiger partial charge in [0.2, 0.25) is 0 Å². The van der Waals surface area contributed by atoms with Crippen LogP contribution in [0.4, 0.5) is 0 Å². The molecule has 0 saturated heterocycles. The van der Waals surface area contributed by atoms with Crippen LogP contribution in [0, 0.1) is 0 Å². The predicted molar refractivity (Wildman–Crippen MR) is 138 cm³/mol. The molecule has 8 heteroatoms. The average Bonchev–Trinajstić information content (AvgIpc) is 3.26. The third-order valence-electron chi connectivity index (χ3n) is 6.99.